The van der Waals surface area contributed by atoms with Crippen molar-refractivity contribution in [3.8, 4) is 11.5 Å². The summed E-state index contributed by atoms with van der Waals surface area (Å²) in [6.07, 6.45) is 1.00. The van der Waals surface area contributed by atoms with Crippen LogP contribution in [0.5, 0.6) is 11.5 Å². The quantitative estimate of drug-likeness (QED) is 0.511. The Balaban J connectivity index is 1.32. The molecule has 3 heterocycles. The predicted molar refractivity (Wildman–Crippen MR) is 141 cm³/mol. The maximum absolute atomic E-state index is 13.4. The molecular formula is C28H32N4O6. The Morgan fingerprint density at radius 1 is 0.974 bits per heavy atom. The zero-order valence-electron chi connectivity index (χ0n) is 21.6. The summed E-state index contributed by atoms with van der Waals surface area (Å²) in [5, 5.41) is 3.15. The van der Waals surface area contributed by atoms with Gasteiger partial charge >= 0.3 is 5.69 Å². The number of rotatable bonds is 7. The molecule has 2 aliphatic rings. The second-order valence-corrected chi connectivity index (χ2v) is 10.3. The van der Waals surface area contributed by atoms with E-state index < -0.39 is 11.2 Å². The van der Waals surface area contributed by atoms with Gasteiger partial charge in [-0.3, -0.25) is 23.5 Å². The molecule has 1 N–H and O–H groups in total. The van der Waals surface area contributed by atoms with E-state index in [2.05, 4.69) is 19.2 Å². The van der Waals surface area contributed by atoms with E-state index in [0.29, 0.717) is 47.3 Å². The first-order chi connectivity index (χ1) is 18.3. The number of carbonyl (C=O) groups is 2. The monoisotopic (exact) mass is 520 g/mol. The Morgan fingerprint density at radius 2 is 1.71 bits per heavy atom. The van der Waals surface area contributed by atoms with Gasteiger partial charge in [-0.05, 0) is 48.1 Å². The molecule has 0 radical (unpaired) electrons. The number of hydrogen-bond donors (Lipinski definition) is 1. The van der Waals surface area contributed by atoms with E-state index in [9.17, 15) is 19.2 Å². The fourth-order valence-corrected chi connectivity index (χ4v) is 5.38. The number of aromatic nitrogens is 2. The minimum absolute atomic E-state index is 0.0624. The van der Waals surface area contributed by atoms with Gasteiger partial charge in [0.1, 0.15) is 6.54 Å². The third-order valence-electron chi connectivity index (χ3n) is 7.14. The van der Waals surface area contributed by atoms with Gasteiger partial charge in [0.05, 0.1) is 10.9 Å². The molecule has 10 heteroatoms. The maximum Gasteiger partial charge on any atom is 0.331 e. The Bertz CT molecular complexity index is 1480. The molecule has 0 spiro atoms. The van der Waals surface area contributed by atoms with Gasteiger partial charge in [-0.2, -0.15) is 0 Å². The summed E-state index contributed by atoms with van der Waals surface area (Å²) in [7, 11) is 0. The van der Waals surface area contributed by atoms with Crippen LogP contribution < -0.4 is 26.0 Å². The van der Waals surface area contributed by atoms with Gasteiger partial charge in [-0.1, -0.05) is 32.0 Å². The number of para-hydroxylation sites is 1. The van der Waals surface area contributed by atoms with Crippen LogP contribution in [0.25, 0.3) is 10.9 Å². The van der Waals surface area contributed by atoms with Crippen LogP contribution in [0.15, 0.2) is 52.1 Å². The van der Waals surface area contributed by atoms with Crippen LogP contribution >= 0.6 is 0 Å². The third kappa shape index (κ3) is 5.29. The van der Waals surface area contributed by atoms with Crippen molar-refractivity contribution in [2.24, 2.45) is 11.8 Å². The van der Waals surface area contributed by atoms with Crippen molar-refractivity contribution < 1.29 is 19.1 Å². The molecule has 200 valence electrons. The average molecular weight is 521 g/mol. The highest BCUT2D eigenvalue weighted by molar-refractivity contribution is 5.82. The predicted octanol–water partition coefficient (Wildman–Crippen LogP) is 2.10. The smallest absolute Gasteiger partial charge is 0.331 e. The van der Waals surface area contributed by atoms with Crippen molar-refractivity contribution in [3.05, 3.63) is 68.9 Å². The van der Waals surface area contributed by atoms with Crippen LogP contribution in [0, 0.1) is 11.8 Å². The molecule has 3 aromatic rings. The highest BCUT2D eigenvalue weighted by Crippen LogP contribution is 2.32. The summed E-state index contributed by atoms with van der Waals surface area (Å²) >= 11 is 0. The lowest BCUT2D eigenvalue weighted by Gasteiger charge is -2.35. The number of piperidine rings is 1. The first kappa shape index (κ1) is 25.6. The number of nitrogens with one attached hydrogen (secondary N) is 1. The summed E-state index contributed by atoms with van der Waals surface area (Å²) < 4.78 is 13.1. The van der Waals surface area contributed by atoms with E-state index in [-0.39, 0.29) is 44.7 Å². The van der Waals surface area contributed by atoms with Crippen molar-refractivity contribution in [3.63, 3.8) is 0 Å². The molecule has 2 aliphatic heterocycles. The minimum Gasteiger partial charge on any atom is -0.454 e. The van der Waals surface area contributed by atoms with Crippen LogP contribution in [0.4, 0.5) is 0 Å². The number of benzene rings is 2. The van der Waals surface area contributed by atoms with Crippen molar-refractivity contribution in [1.29, 1.82) is 0 Å². The first-order valence-electron chi connectivity index (χ1n) is 13.0. The second-order valence-electron chi connectivity index (χ2n) is 10.3. The van der Waals surface area contributed by atoms with E-state index in [4.69, 9.17) is 9.47 Å². The van der Waals surface area contributed by atoms with Crippen LogP contribution in [-0.2, 0) is 29.2 Å². The zero-order chi connectivity index (χ0) is 26.8. The van der Waals surface area contributed by atoms with E-state index >= 15 is 0 Å². The van der Waals surface area contributed by atoms with Gasteiger partial charge in [0.25, 0.3) is 5.56 Å². The Kier molecular flexibility index (Phi) is 7.22. The van der Waals surface area contributed by atoms with Crippen LogP contribution in [0.2, 0.25) is 0 Å². The van der Waals surface area contributed by atoms with E-state index in [0.717, 1.165) is 16.6 Å². The molecule has 0 unspecified atom stereocenters. The van der Waals surface area contributed by atoms with Gasteiger partial charge in [0, 0.05) is 32.6 Å². The minimum atomic E-state index is -0.594. The number of hydrogen-bond acceptors (Lipinski definition) is 6. The summed E-state index contributed by atoms with van der Waals surface area (Å²) in [6, 6.07) is 12.2. The van der Waals surface area contributed by atoms with Crippen molar-refractivity contribution in [1.82, 2.24) is 19.4 Å². The summed E-state index contributed by atoms with van der Waals surface area (Å²) in [6.45, 7) is 5.73. The fourth-order valence-electron chi connectivity index (χ4n) is 5.38. The topological polar surface area (TPSA) is 112 Å². The molecule has 0 aliphatic carbocycles. The molecule has 10 nitrogen and oxygen atoms in total. The number of ether oxygens (including phenoxy) is 2. The summed E-state index contributed by atoms with van der Waals surface area (Å²) in [5.74, 6) is 1.61. The summed E-state index contributed by atoms with van der Waals surface area (Å²) in [4.78, 5) is 54.2. The van der Waals surface area contributed by atoms with Gasteiger partial charge in [0.15, 0.2) is 11.5 Å². The Hall–Kier alpha value is -4.08. The Labute approximate surface area is 219 Å². The van der Waals surface area contributed by atoms with Gasteiger partial charge in [0.2, 0.25) is 18.6 Å². The number of fused-ring (bicyclic) bond motifs is 2. The maximum atomic E-state index is 13.4. The largest absolute Gasteiger partial charge is 0.454 e. The van der Waals surface area contributed by atoms with E-state index in [1.54, 1.807) is 41.3 Å². The summed E-state index contributed by atoms with van der Waals surface area (Å²) in [5.41, 5.74) is 0.187. The molecule has 38 heavy (non-hydrogen) atoms. The molecule has 1 aromatic heterocycles. The zero-order valence-corrected chi connectivity index (χ0v) is 21.6. The van der Waals surface area contributed by atoms with Crippen LogP contribution in [-0.4, -0.2) is 45.7 Å². The lowest BCUT2D eigenvalue weighted by Crippen LogP contribution is -2.47. The molecule has 1 saturated heterocycles. The number of nitrogens with zero attached hydrogens (tertiary/aromatic N) is 3. The fraction of sp³-hybridized carbons (Fsp3) is 0.429. The molecule has 5 rings (SSSR count). The number of amides is 2. The van der Waals surface area contributed by atoms with Crippen molar-refractivity contribution in [2.75, 3.05) is 19.9 Å². The Morgan fingerprint density at radius 3 is 2.50 bits per heavy atom. The molecular weight excluding hydrogens is 488 g/mol. The van der Waals surface area contributed by atoms with Crippen molar-refractivity contribution in [2.45, 2.75) is 46.3 Å². The second kappa shape index (κ2) is 10.7. The lowest BCUT2D eigenvalue weighted by molar-refractivity contribution is -0.134. The van der Waals surface area contributed by atoms with Gasteiger partial charge in [-0.25, -0.2) is 4.79 Å². The first-order valence-corrected chi connectivity index (χ1v) is 13.0. The number of likely N-dealkylation sites (tertiary alicyclic amines) is 1. The standard InChI is InChI=1S/C28H32N4O6/c1-18-11-19(2)15-30(14-18)26(34)16-32-22-6-4-3-5-21(22)27(35)31(28(32)36)10-9-25(33)29-13-20-7-8-23-24(12-20)38-17-37-23/h3-8,12,18-19H,9-11,13-17H2,1-2H3,(H,29,33)/t18-,19+. The van der Waals surface area contributed by atoms with Crippen molar-refractivity contribution >= 4 is 22.7 Å². The van der Waals surface area contributed by atoms with E-state index in [1.807, 2.05) is 6.07 Å². The highest BCUT2D eigenvalue weighted by atomic mass is 16.7. The highest BCUT2D eigenvalue weighted by Gasteiger charge is 2.26. The molecule has 2 aromatic carbocycles. The van der Waals surface area contributed by atoms with Crippen LogP contribution in [0.1, 0.15) is 32.3 Å². The average Bonchev–Trinajstić information content (AvgIpc) is 3.37. The van der Waals surface area contributed by atoms with Gasteiger partial charge < -0.3 is 19.7 Å². The third-order valence-corrected chi connectivity index (χ3v) is 7.14. The molecule has 0 saturated carbocycles. The molecule has 2 amide bonds. The molecule has 0 bridgehead atoms. The van der Waals surface area contributed by atoms with Gasteiger partial charge in [-0.15, -0.1) is 0 Å². The SMILES string of the molecule is C[C@@H]1C[C@H](C)CN(C(=O)Cn2c(=O)n(CCC(=O)NCc3ccc4c(c3)OCO4)c(=O)c3ccccc32)C1. The lowest BCUT2D eigenvalue weighted by atomic mass is 9.92. The number of carbonyl (C=O) groups excluding carboxylic acids is 2. The molecule has 1 fully saturated rings. The molecule has 2 atom stereocenters. The normalized spacial score (nSPS) is 18.5. The van der Waals surface area contributed by atoms with E-state index in [1.165, 1.54) is 4.57 Å². The van der Waals surface area contributed by atoms with Crippen LogP contribution in [0.3, 0.4) is 0 Å².